The van der Waals surface area contributed by atoms with Gasteiger partial charge in [0.2, 0.25) is 0 Å². The Hall–Kier alpha value is -1.80. The lowest BCUT2D eigenvalue weighted by atomic mass is 10.0. The lowest BCUT2D eigenvalue weighted by molar-refractivity contribution is 0.220. The van der Waals surface area contributed by atoms with Crippen LogP contribution in [0, 0.1) is 6.92 Å². The zero-order valence-corrected chi connectivity index (χ0v) is 9.22. The molecule has 0 saturated heterocycles. The molecule has 2 aromatic rings. The Balaban J connectivity index is 2.31. The van der Waals surface area contributed by atoms with E-state index in [1.807, 2.05) is 49.4 Å². The SMILES string of the molecule is Cc1ccc([C@@H](O)c2cccc(N)c2)cc1. The number of rotatable bonds is 2. The zero-order chi connectivity index (χ0) is 11.5. The van der Waals surface area contributed by atoms with Crippen LogP contribution in [0.3, 0.4) is 0 Å². The van der Waals surface area contributed by atoms with Crippen molar-refractivity contribution < 1.29 is 5.11 Å². The molecule has 0 unspecified atom stereocenters. The summed E-state index contributed by atoms with van der Waals surface area (Å²) in [4.78, 5) is 0. The molecule has 0 amide bonds. The highest BCUT2D eigenvalue weighted by Gasteiger charge is 2.09. The molecule has 0 aliphatic heterocycles. The molecule has 1 atom stereocenters. The van der Waals surface area contributed by atoms with Crippen molar-refractivity contribution in [2.24, 2.45) is 0 Å². The molecule has 2 rings (SSSR count). The van der Waals surface area contributed by atoms with Gasteiger partial charge >= 0.3 is 0 Å². The number of aliphatic hydroxyl groups excluding tert-OH is 1. The maximum Gasteiger partial charge on any atom is 0.104 e. The van der Waals surface area contributed by atoms with E-state index < -0.39 is 6.10 Å². The highest BCUT2D eigenvalue weighted by atomic mass is 16.3. The van der Waals surface area contributed by atoms with Gasteiger partial charge in [-0.05, 0) is 30.2 Å². The molecule has 0 heterocycles. The van der Waals surface area contributed by atoms with Crippen molar-refractivity contribution >= 4 is 5.69 Å². The lowest BCUT2D eigenvalue weighted by Gasteiger charge is -2.12. The number of nitrogens with two attached hydrogens (primary N) is 1. The average molecular weight is 213 g/mol. The Kier molecular flexibility index (Phi) is 2.93. The van der Waals surface area contributed by atoms with Gasteiger partial charge in [0.25, 0.3) is 0 Å². The molecule has 0 saturated carbocycles. The van der Waals surface area contributed by atoms with Gasteiger partial charge < -0.3 is 10.8 Å². The van der Waals surface area contributed by atoms with Crippen molar-refractivity contribution in [1.29, 1.82) is 0 Å². The molecule has 0 radical (unpaired) electrons. The van der Waals surface area contributed by atoms with E-state index >= 15 is 0 Å². The smallest absolute Gasteiger partial charge is 0.104 e. The number of aryl methyl sites for hydroxylation is 1. The van der Waals surface area contributed by atoms with Crippen molar-refractivity contribution in [1.82, 2.24) is 0 Å². The van der Waals surface area contributed by atoms with Gasteiger partial charge in [0.1, 0.15) is 6.10 Å². The topological polar surface area (TPSA) is 46.2 Å². The van der Waals surface area contributed by atoms with Gasteiger partial charge in [-0.15, -0.1) is 0 Å². The summed E-state index contributed by atoms with van der Waals surface area (Å²) < 4.78 is 0. The highest BCUT2D eigenvalue weighted by Crippen LogP contribution is 2.23. The Morgan fingerprint density at radius 2 is 1.69 bits per heavy atom. The van der Waals surface area contributed by atoms with Crippen LogP contribution in [0.2, 0.25) is 0 Å². The van der Waals surface area contributed by atoms with Crippen LogP contribution in [0.25, 0.3) is 0 Å². The van der Waals surface area contributed by atoms with Crippen LogP contribution >= 0.6 is 0 Å². The molecule has 0 fully saturated rings. The van der Waals surface area contributed by atoms with Crippen LogP contribution < -0.4 is 5.73 Å². The first kappa shape index (κ1) is 10.7. The standard InChI is InChI=1S/C14H15NO/c1-10-5-7-11(8-6-10)14(16)12-3-2-4-13(15)9-12/h2-9,14,16H,15H2,1H3/t14-/m1/s1. The summed E-state index contributed by atoms with van der Waals surface area (Å²) in [7, 11) is 0. The van der Waals surface area contributed by atoms with Crippen LogP contribution in [0.1, 0.15) is 22.8 Å². The Bertz CT molecular complexity index is 476. The van der Waals surface area contributed by atoms with E-state index in [1.54, 1.807) is 6.07 Å². The van der Waals surface area contributed by atoms with Gasteiger partial charge in [0, 0.05) is 5.69 Å². The second-order valence-electron chi connectivity index (χ2n) is 3.98. The van der Waals surface area contributed by atoms with Crippen molar-refractivity contribution in [2.75, 3.05) is 5.73 Å². The maximum atomic E-state index is 10.2. The Morgan fingerprint density at radius 1 is 1.00 bits per heavy atom. The van der Waals surface area contributed by atoms with Crippen molar-refractivity contribution in [3.8, 4) is 0 Å². The number of hydrogen-bond acceptors (Lipinski definition) is 2. The molecule has 2 heteroatoms. The minimum absolute atomic E-state index is 0.607. The molecule has 0 aliphatic rings. The third kappa shape index (κ3) is 2.23. The van der Waals surface area contributed by atoms with Gasteiger partial charge in [-0.2, -0.15) is 0 Å². The van der Waals surface area contributed by atoms with Gasteiger partial charge in [0.15, 0.2) is 0 Å². The summed E-state index contributed by atoms with van der Waals surface area (Å²) in [6.45, 7) is 2.02. The number of benzene rings is 2. The zero-order valence-electron chi connectivity index (χ0n) is 9.22. The first-order valence-electron chi connectivity index (χ1n) is 5.27. The summed E-state index contributed by atoms with van der Waals surface area (Å²) in [6, 6.07) is 15.2. The largest absolute Gasteiger partial charge is 0.399 e. The second kappa shape index (κ2) is 4.37. The third-order valence-corrected chi connectivity index (χ3v) is 2.62. The first-order valence-corrected chi connectivity index (χ1v) is 5.27. The quantitative estimate of drug-likeness (QED) is 0.753. The molecule has 3 N–H and O–H groups in total. The summed E-state index contributed by atoms with van der Waals surface area (Å²) in [5.74, 6) is 0. The molecule has 16 heavy (non-hydrogen) atoms. The minimum atomic E-state index is -0.607. The third-order valence-electron chi connectivity index (χ3n) is 2.62. The van der Waals surface area contributed by atoms with Crippen molar-refractivity contribution in [2.45, 2.75) is 13.0 Å². The maximum absolute atomic E-state index is 10.2. The van der Waals surface area contributed by atoms with Crippen LogP contribution in [-0.2, 0) is 0 Å². The molecule has 2 aromatic carbocycles. The van der Waals surface area contributed by atoms with Crippen LogP contribution in [0.15, 0.2) is 48.5 Å². The van der Waals surface area contributed by atoms with E-state index in [4.69, 9.17) is 5.73 Å². The summed E-state index contributed by atoms with van der Waals surface area (Å²) in [5.41, 5.74) is 9.25. The molecule has 2 nitrogen and oxygen atoms in total. The molecular formula is C14H15NO. The van der Waals surface area contributed by atoms with E-state index in [9.17, 15) is 5.11 Å². The number of anilines is 1. The predicted octanol–water partition coefficient (Wildman–Crippen LogP) is 2.66. The number of nitrogen functional groups attached to an aromatic ring is 1. The molecule has 0 bridgehead atoms. The lowest BCUT2D eigenvalue weighted by Crippen LogP contribution is -2.00. The highest BCUT2D eigenvalue weighted by molar-refractivity contribution is 5.43. The summed E-state index contributed by atoms with van der Waals surface area (Å²) in [5, 5.41) is 10.2. The molecule has 82 valence electrons. The number of hydrogen-bond donors (Lipinski definition) is 2. The fourth-order valence-electron chi connectivity index (χ4n) is 1.67. The fourth-order valence-corrected chi connectivity index (χ4v) is 1.67. The molecular weight excluding hydrogens is 198 g/mol. The number of aliphatic hydroxyl groups is 1. The Morgan fingerprint density at radius 3 is 2.31 bits per heavy atom. The summed E-state index contributed by atoms with van der Waals surface area (Å²) >= 11 is 0. The average Bonchev–Trinajstić information content (AvgIpc) is 2.29. The van der Waals surface area contributed by atoms with E-state index in [0.29, 0.717) is 5.69 Å². The van der Waals surface area contributed by atoms with Gasteiger partial charge in [-0.1, -0.05) is 42.0 Å². The van der Waals surface area contributed by atoms with Crippen molar-refractivity contribution in [3.63, 3.8) is 0 Å². The van der Waals surface area contributed by atoms with E-state index in [1.165, 1.54) is 5.56 Å². The minimum Gasteiger partial charge on any atom is -0.399 e. The van der Waals surface area contributed by atoms with Crippen LogP contribution in [0.5, 0.6) is 0 Å². The van der Waals surface area contributed by atoms with Crippen LogP contribution in [-0.4, -0.2) is 5.11 Å². The van der Waals surface area contributed by atoms with Gasteiger partial charge in [-0.3, -0.25) is 0 Å². The second-order valence-corrected chi connectivity index (χ2v) is 3.98. The van der Waals surface area contributed by atoms with Crippen LogP contribution in [0.4, 0.5) is 5.69 Å². The van der Waals surface area contributed by atoms with E-state index in [2.05, 4.69) is 0 Å². The van der Waals surface area contributed by atoms with Crippen molar-refractivity contribution in [3.05, 3.63) is 65.2 Å². The first-order chi connectivity index (χ1) is 7.66. The molecule has 0 aromatic heterocycles. The fraction of sp³-hybridized carbons (Fsp3) is 0.143. The predicted molar refractivity (Wildman–Crippen MR) is 66.1 cm³/mol. The monoisotopic (exact) mass is 213 g/mol. The summed E-state index contributed by atoms with van der Waals surface area (Å²) in [6.07, 6.45) is -0.607. The van der Waals surface area contributed by atoms with Gasteiger partial charge in [-0.25, -0.2) is 0 Å². The van der Waals surface area contributed by atoms with E-state index in [-0.39, 0.29) is 0 Å². The molecule has 0 aliphatic carbocycles. The van der Waals surface area contributed by atoms with Gasteiger partial charge in [0.05, 0.1) is 0 Å². The molecule has 0 spiro atoms. The normalized spacial score (nSPS) is 12.4. The Labute approximate surface area is 95.4 Å². The van der Waals surface area contributed by atoms with E-state index in [0.717, 1.165) is 11.1 Å².